The topological polar surface area (TPSA) is 23.9 Å². The molecule has 0 aliphatic rings. The highest BCUT2D eigenvalue weighted by molar-refractivity contribution is 6.12. The van der Waals surface area contributed by atoms with Gasteiger partial charge < -0.3 is 0 Å². The molecule has 0 spiro atoms. The van der Waals surface area contributed by atoms with E-state index in [2.05, 4.69) is 13.2 Å². The summed E-state index contributed by atoms with van der Waals surface area (Å²) < 4.78 is 0. The minimum Gasteiger partial charge on any atom is -0.300 e. The van der Waals surface area contributed by atoms with E-state index in [0.717, 1.165) is 11.1 Å². The summed E-state index contributed by atoms with van der Waals surface area (Å²) in [5.41, 5.74) is 3.35. The maximum atomic E-state index is 7.97. The Morgan fingerprint density at radius 3 is 2.27 bits per heavy atom. The van der Waals surface area contributed by atoms with E-state index < -0.39 is 0 Å². The molecule has 0 aliphatic heterocycles. The molecule has 1 N–H and O–H groups in total. The fourth-order valence-electron chi connectivity index (χ4n) is 1.27. The molecule has 1 heteroatoms. The second-order valence-corrected chi connectivity index (χ2v) is 3.30. The maximum absolute atomic E-state index is 7.97. The second-order valence-electron chi connectivity index (χ2n) is 3.30. The van der Waals surface area contributed by atoms with Crippen molar-refractivity contribution >= 4 is 5.71 Å². The van der Waals surface area contributed by atoms with Crippen molar-refractivity contribution in [1.82, 2.24) is 0 Å². The van der Waals surface area contributed by atoms with Gasteiger partial charge in [0.15, 0.2) is 0 Å². The highest BCUT2D eigenvalue weighted by atomic mass is 14.4. The van der Waals surface area contributed by atoms with Gasteiger partial charge in [-0.3, -0.25) is 5.41 Å². The first kappa shape index (κ1) is 11.2. The fourth-order valence-corrected chi connectivity index (χ4v) is 1.27. The molecule has 0 aromatic heterocycles. The van der Waals surface area contributed by atoms with Crippen molar-refractivity contribution in [2.24, 2.45) is 0 Å². The molecule has 76 valence electrons. The molecule has 1 aromatic rings. The number of hydrogen-bond acceptors (Lipinski definition) is 1. The molecular formula is C14H15N. The van der Waals surface area contributed by atoms with Gasteiger partial charge in [-0.05, 0) is 12.5 Å². The summed E-state index contributed by atoms with van der Waals surface area (Å²) in [6.07, 6.45) is 5.12. The van der Waals surface area contributed by atoms with Crippen LogP contribution in [0, 0.1) is 12.3 Å². The maximum Gasteiger partial charge on any atom is 0.0684 e. The van der Waals surface area contributed by atoms with Gasteiger partial charge in [0.25, 0.3) is 0 Å². The van der Waals surface area contributed by atoms with Crippen LogP contribution in [0.15, 0.2) is 61.2 Å². The van der Waals surface area contributed by atoms with Crippen molar-refractivity contribution in [2.75, 3.05) is 0 Å². The minimum absolute atomic E-state index is 0.477. The van der Waals surface area contributed by atoms with Crippen LogP contribution in [0.5, 0.6) is 0 Å². The first-order valence-electron chi connectivity index (χ1n) is 4.80. The van der Waals surface area contributed by atoms with Crippen LogP contribution in [0.1, 0.15) is 11.1 Å². The highest BCUT2D eigenvalue weighted by Crippen LogP contribution is 2.10. The largest absolute Gasteiger partial charge is 0.300 e. The van der Waals surface area contributed by atoms with Crippen LogP contribution in [0.25, 0.3) is 0 Å². The molecule has 0 unspecified atom stereocenters. The number of benzene rings is 1. The van der Waals surface area contributed by atoms with Gasteiger partial charge in [-0.2, -0.15) is 0 Å². The number of aryl methyl sites for hydroxylation is 1. The van der Waals surface area contributed by atoms with Gasteiger partial charge in [0.1, 0.15) is 0 Å². The molecule has 0 saturated carbocycles. The Labute approximate surface area is 91.0 Å². The van der Waals surface area contributed by atoms with Gasteiger partial charge in [0.05, 0.1) is 5.71 Å². The quantitative estimate of drug-likeness (QED) is 0.562. The number of nitrogens with one attached hydrogen (secondary N) is 1. The van der Waals surface area contributed by atoms with Gasteiger partial charge in [-0.15, -0.1) is 0 Å². The first-order chi connectivity index (χ1) is 7.19. The summed E-state index contributed by atoms with van der Waals surface area (Å²) in [7, 11) is 0. The van der Waals surface area contributed by atoms with E-state index in [4.69, 9.17) is 5.41 Å². The average Bonchev–Trinajstić information content (AvgIpc) is 2.26. The van der Waals surface area contributed by atoms with Gasteiger partial charge in [-0.25, -0.2) is 0 Å². The monoisotopic (exact) mass is 197 g/mol. The zero-order valence-corrected chi connectivity index (χ0v) is 8.96. The highest BCUT2D eigenvalue weighted by Gasteiger charge is 2.03. The fraction of sp³-hybridized carbons (Fsp3) is 0.0714. The smallest absolute Gasteiger partial charge is 0.0684 e. The Bertz CT molecular complexity index is 407. The van der Waals surface area contributed by atoms with Crippen LogP contribution in [0.4, 0.5) is 0 Å². The van der Waals surface area contributed by atoms with Crippen LogP contribution in [-0.2, 0) is 0 Å². The lowest BCUT2D eigenvalue weighted by atomic mass is 10.0. The van der Waals surface area contributed by atoms with Crippen molar-refractivity contribution in [2.45, 2.75) is 6.92 Å². The molecule has 15 heavy (non-hydrogen) atoms. The van der Waals surface area contributed by atoms with Gasteiger partial charge >= 0.3 is 0 Å². The lowest BCUT2D eigenvalue weighted by molar-refractivity contribution is 1.42. The lowest BCUT2D eigenvalue weighted by Crippen LogP contribution is -2.01. The zero-order valence-electron chi connectivity index (χ0n) is 8.96. The van der Waals surface area contributed by atoms with Crippen LogP contribution < -0.4 is 0 Å². The Morgan fingerprint density at radius 2 is 1.80 bits per heavy atom. The summed E-state index contributed by atoms with van der Waals surface area (Å²) in [5.74, 6) is 0. The van der Waals surface area contributed by atoms with Crippen molar-refractivity contribution in [3.8, 4) is 0 Å². The molecule has 0 radical (unpaired) electrons. The van der Waals surface area contributed by atoms with Crippen LogP contribution in [0.3, 0.4) is 0 Å². The summed E-state index contributed by atoms with van der Waals surface area (Å²) in [6.45, 7) is 9.33. The van der Waals surface area contributed by atoms with E-state index in [0.29, 0.717) is 5.71 Å². The zero-order chi connectivity index (χ0) is 11.3. The molecule has 0 aliphatic carbocycles. The Balaban J connectivity index is 3.03. The first-order valence-corrected chi connectivity index (χ1v) is 4.80. The second kappa shape index (κ2) is 5.11. The molecule has 0 saturated heterocycles. The Hall–Kier alpha value is -1.89. The van der Waals surface area contributed by atoms with Crippen molar-refractivity contribution in [3.05, 3.63) is 72.4 Å². The third kappa shape index (κ3) is 2.78. The molecular weight excluding hydrogens is 182 g/mol. The van der Waals surface area contributed by atoms with E-state index in [1.165, 1.54) is 5.56 Å². The van der Waals surface area contributed by atoms with E-state index in [1.807, 2.05) is 31.2 Å². The van der Waals surface area contributed by atoms with E-state index >= 15 is 0 Å². The molecule has 0 fully saturated rings. The minimum atomic E-state index is 0.477. The average molecular weight is 197 g/mol. The normalized spacial score (nSPS) is 10.9. The molecule has 1 rings (SSSR count). The molecule has 0 heterocycles. The number of rotatable bonds is 4. The number of allylic oxidation sites excluding steroid dienone is 4. The molecule has 0 bridgehead atoms. The van der Waals surface area contributed by atoms with Gasteiger partial charge in [0, 0.05) is 5.56 Å². The molecule has 1 aromatic carbocycles. The van der Waals surface area contributed by atoms with Gasteiger partial charge in [-0.1, -0.05) is 61.2 Å². The van der Waals surface area contributed by atoms with Crippen molar-refractivity contribution in [1.29, 1.82) is 5.41 Å². The predicted octanol–water partition coefficient (Wildman–Crippen LogP) is 3.66. The SMILES string of the molecule is C=C/C=C(\C=C)C(=N)c1ccc(C)cc1. The van der Waals surface area contributed by atoms with E-state index in [-0.39, 0.29) is 0 Å². The van der Waals surface area contributed by atoms with E-state index in [1.54, 1.807) is 18.2 Å². The van der Waals surface area contributed by atoms with Crippen molar-refractivity contribution < 1.29 is 0 Å². The summed E-state index contributed by atoms with van der Waals surface area (Å²) >= 11 is 0. The molecule has 1 nitrogen and oxygen atoms in total. The van der Waals surface area contributed by atoms with Crippen LogP contribution >= 0.6 is 0 Å². The lowest BCUT2D eigenvalue weighted by Gasteiger charge is -2.04. The third-order valence-electron chi connectivity index (χ3n) is 2.15. The van der Waals surface area contributed by atoms with Crippen LogP contribution in [-0.4, -0.2) is 5.71 Å². The summed E-state index contributed by atoms with van der Waals surface area (Å²) in [4.78, 5) is 0. The van der Waals surface area contributed by atoms with Crippen molar-refractivity contribution in [3.63, 3.8) is 0 Å². The van der Waals surface area contributed by atoms with E-state index in [9.17, 15) is 0 Å². The summed E-state index contributed by atoms with van der Waals surface area (Å²) in [6, 6.07) is 7.88. The van der Waals surface area contributed by atoms with Crippen LogP contribution in [0.2, 0.25) is 0 Å². The molecule has 0 amide bonds. The number of hydrogen-bond donors (Lipinski definition) is 1. The third-order valence-corrected chi connectivity index (χ3v) is 2.15. The standard InChI is InChI=1S/C14H15N/c1-4-6-12(5-2)14(15)13-9-7-11(3)8-10-13/h4-10,15H,1-2H2,3H3/b12-6+,15-14?. The van der Waals surface area contributed by atoms with Gasteiger partial charge in [0.2, 0.25) is 0 Å². The Kier molecular flexibility index (Phi) is 3.81. The summed E-state index contributed by atoms with van der Waals surface area (Å²) in [5, 5.41) is 7.97. The predicted molar refractivity (Wildman–Crippen MR) is 66.5 cm³/mol. The molecule has 0 atom stereocenters. The Morgan fingerprint density at radius 1 is 1.20 bits per heavy atom.